The van der Waals surface area contributed by atoms with E-state index in [0.717, 1.165) is 5.56 Å². The van der Waals surface area contributed by atoms with Crippen LogP contribution in [-0.4, -0.2) is 47.1 Å². The Morgan fingerprint density at radius 2 is 2.15 bits per heavy atom. The molecule has 1 fully saturated rings. The van der Waals surface area contributed by atoms with Crippen LogP contribution in [-0.2, 0) is 28.1 Å². The maximum atomic E-state index is 14.0. The maximum absolute atomic E-state index is 14.0. The quantitative estimate of drug-likeness (QED) is 0.815. The van der Waals surface area contributed by atoms with Gasteiger partial charge in [-0.2, -0.15) is 5.10 Å². The molecule has 2 heterocycles. The van der Waals surface area contributed by atoms with Crippen LogP contribution < -0.4 is 0 Å². The molecule has 0 radical (unpaired) electrons. The zero-order valence-corrected chi connectivity index (χ0v) is 15.7. The summed E-state index contributed by atoms with van der Waals surface area (Å²) in [6.07, 6.45) is 3.59. The highest BCUT2D eigenvalue weighted by Gasteiger charge is 2.33. The van der Waals surface area contributed by atoms with Crippen LogP contribution >= 0.6 is 0 Å². The summed E-state index contributed by atoms with van der Waals surface area (Å²) in [7, 11) is -1.53. The average molecular weight is 379 g/mol. The highest BCUT2D eigenvalue weighted by Crippen LogP contribution is 2.27. The Labute approximate surface area is 152 Å². The van der Waals surface area contributed by atoms with Gasteiger partial charge in [-0.1, -0.05) is 17.7 Å². The number of hydrogen-bond acceptors (Lipinski definition) is 4. The van der Waals surface area contributed by atoms with E-state index in [-0.39, 0.29) is 23.8 Å². The highest BCUT2D eigenvalue weighted by molar-refractivity contribution is 7.91. The van der Waals surface area contributed by atoms with Gasteiger partial charge in [-0.05, 0) is 25.0 Å². The molecule has 0 N–H and O–H groups in total. The molecule has 3 rings (SSSR count). The second-order valence-electron chi connectivity index (χ2n) is 6.79. The summed E-state index contributed by atoms with van der Waals surface area (Å²) in [5.41, 5.74) is 1.87. The van der Waals surface area contributed by atoms with Crippen molar-refractivity contribution in [3.8, 4) is 0 Å². The molecule has 0 aliphatic carbocycles. The third-order valence-electron chi connectivity index (χ3n) is 4.62. The highest BCUT2D eigenvalue weighted by atomic mass is 32.2. The Morgan fingerprint density at radius 1 is 1.38 bits per heavy atom. The number of aryl methyl sites for hydroxylation is 2. The van der Waals surface area contributed by atoms with Crippen LogP contribution in [0.2, 0.25) is 0 Å². The molecule has 1 unspecified atom stereocenters. The number of sulfone groups is 1. The fourth-order valence-electron chi connectivity index (χ4n) is 3.31. The number of nitrogens with zero attached hydrogens (tertiary/aromatic N) is 3. The van der Waals surface area contributed by atoms with E-state index in [1.54, 1.807) is 41.2 Å². The van der Waals surface area contributed by atoms with Gasteiger partial charge in [-0.3, -0.25) is 9.48 Å². The Hall–Kier alpha value is -2.22. The third kappa shape index (κ3) is 4.12. The van der Waals surface area contributed by atoms with Gasteiger partial charge in [-0.25, -0.2) is 12.8 Å². The zero-order chi connectivity index (χ0) is 18.9. The molecule has 1 aliphatic rings. The molecule has 1 atom stereocenters. The first-order chi connectivity index (χ1) is 12.2. The van der Waals surface area contributed by atoms with Crippen LogP contribution in [0.1, 0.15) is 29.2 Å². The first-order valence-electron chi connectivity index (χ1n) is 8.48. The van der Waals surface area contributed by atoms with Crippen molar-refractivity contribution in [3.63, 3.8) is 0 Å². The van der Waals surface area contributed by atoms with E-state index in [0.29, 0.717) is 24.1 Å². The molecule has 1 aromatic heterocycles. The summed E-state index contributed by atoms with van der Waals surface area (Å²) in [5, 5.41) is 4.10. The molecule has 0 saturated carbocycles. The van der Waals surface area contributed by atoms with Gasteiger partial charge in [0.15, 0.2) is 9.84 Å². The van der Waals surface area contributed by atoms with Crippen LogP contribution in [0.4, 0.5) is 4.39 Å². The Morgan fingerprint density at radius 3 is 2.85 bits per heavy atom. The predicted octanol–water partition coefficient (Wildman–Crippen LogP) is 1.80. The average Bonchev–Trinajstić information content (AvgIpc) is 2.92. The molecule has 2 aromatic rings. The number of carbonyl (C=O) groups is 1. The molecule has 1 saturated heterocycles. The summed E-state index contributed by atoms with van der Waals surface area (Å²) in [4.78, 5) is 14.5. The first-order valence-corrected chi connectivity index (χ1v) is 10.3. The standard InChI is InChI=1S/C18H22FN3O3S/c1-13-4-5-16(19)14(8-13)9-18(23)22-6-3-7-26(24,25)12-17(22)15-10-20-21(2)11-15/h4-5,8,10-11,17H,3,6-7,9,12H2,1-2H3. The predicted molar refractivity (Wildman–Crippen MR) is 95.8 cm³/mol. The van der Waals surface area contributed by atoms with E-state index in [1.165, 1.54) is 6.07 Å². The molecule has 8 heteroatoms. The van der Waals surface area contributed by atoms with Crippen molar-refractivity contribution in [2.24, 2.45) is 7.05 Å². The van der Waals surface area contributed by atoms with Crippen LogP contribution in [0.5, 0.6) is 0 Å². The lowest BCUT2D eigenvalue weighted by Gasteiger charge is -2.29. The van der Waals surface area contributed by atoms with Crippen molar-refractivity contribution < 1.29 is 17.6 Å². The summed E-state index contributed by atoms with van der Waals surface area (Å²) in [6, 6.07) is 4.06. The Bertz CT molecular complexity index is 924. The lowest BCUT2D eigenvalue weighted by molar-refractivity contribution is -0.132. The summed E-state index contributed by atoms with van der Waals surface area (Å²) in [5.74, 6) is -0.794. The lowest BCUT2D eigenvalue weighted by Crippen LogP contribution is -2.38. The van der Waals surface area contributed by atoms with E-state index in [2.05, 4.69) is 5.10 Å². The van der Waals surface area contributed by atoms with Crippen molar-refractivity contribution >= 4 is 15.7 Å². The van der Waals surface area contributed by atoms with Gasteiger partial charge in [-0.15, -0.1) is 0 Å². The molecule has 1 aromatic carbocycles. The fraction of sp³-hybridized carbons (Fsp3) is 0.444. The Balaban J connectivity index is 1.91. The molecule has 1 aliphatic heterocycles. The number of rotatable bonds is 3. The van der Waals surface area contributed by atoms with Crippen molar-refractivity contribution in [2.45, 2.75) is 25.8 Å². The molecule has 0 spiro atoms. The SMILES string of the molecule is Cc1ccc(F)c(CC(=O)N2CCCS(=O)(=O)CC2c2cnn(C)c2)c1. The van der Waals surface area contributed by atoms with E-state index in [1.807, 2.05) is 6.92 Å². The fourth-order valence-corrected chi connectivity index (χ4v) is 4.90. The van der Waals surface area contributed by atoms with Gasteiger partial charge < -0.3 is 4.90 Å². The van der Waals surface area contributed by atoms with Crippen molar-refractivity contribution in [1.82, 2.24) is 14.7 Å². The number of benzene rings is 1. The molecule has 0 bridgehead atoms. The third-order valence-corrected chi connectivity index (χ3v) is 6.35. The van der Waals surface area contributed by atoms with E-state index in [4.69, 9.17) is 0 Å². The van der Waals surface area contributed by atoms with Crippen molar-refractivity contribution in [1.29, 1.82) is 0 Å². The molecule has 140 valence electrons. The zero-order valence-electron chi connectivity index (χ0n) is 14.9. The topological polar surface area (TPSA) is 72.3 Å². The second kappa shape index (κ2) is 7.19. The smallest absolute Gasteiger partial charge is 0.227 e. The lowest BCUT2D eigenvalue weighted by atomic mass is 10.1. The van der Waals surface area contributed by atoms with Gasteiger partial charge in [0.25, 0.3) is 0 Å². The first kappa shape index (κ1) is 18.6. The number of amides is 1. The molecule has 26 heavy (non-hydrogen) atoms. The van der Waals surface area contributed by atoms with Gasteiger partial charge in [0.2, 0.25) is 5.91 Å². The van der Waals surface area contributed by atoms with Crippen LogP contribution in [0.15, 0.2) is 30.6 Å². The van der Waals surface area contributed by atoms with Crippen molar-refractivity contribution in [3.05, 3.63) is 53.1 Å². The minimum absolute atomic E-state index is 0.0480. The van der Waals surface area contributed by atoms with Crippen LogP contribution in [0.3, 0.4) is 0 Å². The molecular weight excluding hydrogens is 357 g/mol. The largest absolute Gasteiger partial charge is 0.334 e. The number of halogens is 1. The van der Waals surface area contributed by atoms with Gasteiger partial charge in [0.1, 0.15) is 5.82 Å². The Kier molecular flexibility index (Phi) is 5.13. The van der Waals surface area contributed by atoms with Gasteiger partial charge in [0, 0.05) is 25.4 Å². The van der Waals surface area contributed by atoms with E-state index in [9.17, 15) is 17.6 Å². The minimum atomic E-state index is -3.27. The van der Waals surface area contributed by atoms with Gasteiger partial charge in [0.05, 0.1) is 30.2 Å². The van der Waals surface area contributed by atoms with Crippen LogP contribution in [0, 0.1) is 12.7 Å². The maximum Gasteiger partial charge on any atom is 0.227 e. The van der Waals surface area contributed by atoms with Crippen LogP contribution in [0.25, 0.3) is 0 Å². The number of aromatic nitrogens is 2. The minimum Gasteiger partial charge on any atom is -0.334 e. The summed E-state index contributed by atoms with van der Waals surface area (Å²) < 4.78 is 40.1. The van der Waals surface area contributed by atoms with Gasteiger partial charge >= 0.3 is 0 Å². The number of carbonyl (C=O) groups excluding carboxylic acids is 1. The van der Waals surface area contributed by atoms with E-state index >= 15 is 0 Å². The second-order valence-corrected chi connectivity index (χ2v) is 9.02. The normalized spacial score (nSPS) is 20.0. The monoisotopic (exact) mass is 379 g/mol. The molecule has 1 amide bonds. The summed E-state index contributed by atoms with van der Waals surface area (Å²) >= 11 is 0. The molecule has 6 nitrogen and oxygen atoms in total. The van der Waals surface area contributed by atoms with Crippen molar-refractivity contribution in [2.75, 3.05) is 18.1 Å². The molecular formula is C18H22FN3O3S. The number of hydrogen-bond donors (Lipinski definition) is 0. The summed E-state index contributed by atoms with van der Waals surface area (Å²) in [6.45, 7) is 2.16. The van der Waals surface area contributed by atoms with E-state index < -0.39 is 21.7 Å².